The zero-order valence-electron chi connectivity index (χ0n) is 11.6. The molecule has 3 rings (SSSR count). The SMILES string of the molecule is Fc1ccc(-c2ccccc2CC2CCNCC2)cc1. The lowest BCUT2D eigenvalue weighted by Gasteiger charge is -2.23. The van der Waals surface area contributed by atoms with Crippen molar-refractivity contribution in [2.24, 2.45) is 5.92 Å². The van der Waals surface area contributed by atoms with Gasteiger partial charge in [0.1, 0.15) is 5.82 Å². The molecule has 2 aromatic rings. The highest BCUT2D eigenvalue weighted by atomic mass is 19.1. The van der Waals surface area contributed by atoms with E-state index in [0.717, 1.165) is 31.0 Å². The van der Waals surface area contributed by atoms with Crippen molar-refractivity contribution < 1.29 is 4.39 Å². The van der Waals surface area contributed by atoms with Crippen LogP contribution in [0.25, 0.3) is 11.1 Å². The van der Waals surface area contributed by atoms with Crippen LogP contribution in [0.1, 0.15) is 18.4 Å². The smallest absolute Gasteiger partial charge is 0.123 e. The normalized spacial score (nSPS) is 16.2. The van der Waals surface area contributed by atoms with Crippen LogP contribution in [-0.2, 0) is 6.42 Å². The lowest BCUT2D eigenvalue weighted by atomic mass is 9.87. The number of nitrogens with one attached hydrogen (secondary N) is 1. The summed E-state index contributed by atoms with van der Waals surface area (Å²) in [4.78, 5) is 0. The van der Waals surface area contributed by atoms with Gasteiger partial charge in [0.05, 0.1) is 0 Å². The number of halogens is 1. The third kappa shape index (κ3) is 3.07. The third-order valence-corrected chi connectivity index (χ3v) is 4.14. The quantitative estimate of drug-likeness (QED) is 0.887. The number of benzene rings is 2. The zero-order chi connectivity index (χ0) is 13.8. The van der Waals surface area contributed by atoms with Gasteiger partial charge in [0, 0.05) is 0 Å². The van der Waals surface area contributed by atoms with E-state index in [9.17, 15) is 4.39 Å². The van der Waals surface area contributed by atoms with Crippen molar-refractivity contribution in [2.75, 3.05) is 13.1 Å². The van der Waals surface area contributed by atoms with Gasteiger partial charge >= 0.3 is 0 Å². The largest absolute Gasteiger partial charge is 0.317 e. The van der Waals surface area contributed by atoms with Gasteiger partial charge in [0.25, 0.3) is 0 Å². The molecule has 0 amide bonds. The Morgan fingerprint density at radius 3 is 2.40 bits per heavy atom. The Morgan fingerprint density at radius 2 is 1.65 bits per heavy atom. The first-order chi connectivity index (χ1) is 9.83. The molecule has 1 nitrogen and oxygen atoms in total. The molecule has 20 heavy (non-hydrogen) atoms. The summed E-state index contributed by atoms with van der Waals surface area (Å²) < 4.78 is 13.1. The van der Waals surface area contributed by atoms with Gasteiger partial charge in [-0.3, -0.25) is 0 Å². The van der Waals surface area contributed by atoms with Crippen LogP contribution in [-0.4, -0.2) is 13.1 Å². The van der Waals surface area contributed by atoms with Gasteiger partial charge < -0.3 is 5.32 Å². The van der Waals surface area contributed by atoms with Crippen LogP contribution in [0.15, 0.2) is 48.5 Å². The van der Waals surface area contributed by atoms with E-state index in [1.165, 1.54) is 36.1 Å². The Morgan fingerprint density at radius 1 is 0.950 bits per heavy atom. The molecule has 0 spiro atoms. The highest BCUT2D eigenvalue weighted by Gasteiger charge is 2.15. The van der Waals surface area contributed by atoms with E-state index in [-0.39, 0.29) is 5.82 Å². The Hall–Kier alpha value is -1.67. The Labute approximate surface area is 119 Å². The summed E-state index contributed by atoms with van der Waals surface area (Å²) in [5, 5.41) is 3.41. The van der Waals surface area contributed by atoms with Crippen molar-refractivity contribution in [3.8, 4) is 11.1 Å². The first-order valence-corrected chi connectivity index (χ1v) is 7.37. The van der Waals surface area contributed by atoms with E-state index in [4.69, 9.17) is 0 Å². The van der Waals surface area contributed by atoms with Crippen LogP contribution >= 0.6 is 0 Å². The molecular formula is C18H20FN. The maximum atomic E-state index is 13.1. The number of piperidine rings is 1. The van der Waals surface area contributed by atoms with Crippen LogP contribution in [0.5, 0.6) is 0 Å². The molecule has 0 aliphatic carbocycles. The molecule has 0 aromatic heterocycles. The molecule has 1 heterocycles. The van der Waals surface area contributed by atoms with Gasteiger partial charge in [-0.15, -0.1) is 0 Å². The average molecular weight is 269 g/mol. The minimum atomic E-state index is -0.176. The van der Waals surface area contributed by atoms with Crippen molar-refractivity contribution in [2.45, 2.75) is 19.3 Å². The minimum Gasteiger partial charge on any atom is -0.317 e. The monoisotopic (exact) mass is 269 g/mol. The topological polar surface area (TPSA) is 12.0 Å². The third-order valence-electron chi connectivity index (χ3n) is 4.14. The summed E-state index contributed by atoms with van der Waals surface area (Å²) in [6.07, 6.45) is 3.62. The van der Waals surface area contributed by atoms with Gasteiger partial charge in [-0.05, 0) is 67.1 Å². The van der Waals surface area contributed by atoms with Crippen LogP contribution in [0.2, 0.25) is 0 Å². The number of hydrogen-bond acceptors (Lipinski definition) is 1. The number of rotatable bonds is 3. The predicted molar refractivity (Wildman–Crippen MR) is 81.1 cm³/mol. The van der Waals surface area contributed by atoms with Gasteiger partial charge in [-0.1, -0.05) is 36.4 Å². The maximum absolute atomic E-state index is 13.1. The standard InChI is InChI=1S/C18H20FN/c19-17-7-5-15(6-8-17)18-4-2-1-3-16(18)13-14-9-11-20-12-10-14/h1-8,14,20H,9-13H2. The molecule has 0 bridgehead atoms. The summed E-state index contributed by atoms with van der Waals surface area (Å²) in [6.45, 7) is 2.26. The number of hydrogen-bond donors (Lipinski definition) is 1. The molecule has 0 atom stereocenters. The second-order valence-corrected chi connectivity index (χ2v) is 5.56. The Balaban J connectivity index is 1.85. The van der Waals surface area contributed by atoms with E-state index in [1.54, 1.807) is 0 Å². The molecule has 2 heteroatoms. The van der Waals surface area contributed by atoms with Gasteiger partial charge in [0.2, 0.25) is 0 Å². The average Bonchev–Trinajstić information content (AvgIpc) is 2.50. The van der Waals surface area contributed by atoms with Crippen molar-refractivity contribution in [3.63, 3.8) is 0 Å². The van der Waals surface area contributed by atoms with Crippen LogP contribution in [0, 0.1) is 11.7 Å². The molecule has 1 aliphatic rings. The molecule has 1 aliphatic heterocycles. The summed E-state index contributed by atoms with van der Waals surface area (Å²) in [5.41, 5.74) is 3.73. The highest BCUT2D eigenvalue weighted by Crippen LogP contribution is 2.28. The summed E-state index contributed by atoms with van der Waals surface area (Å²) in [7, 11) is 0. The Kier molecular flexibility index (Phi) is 4.12. The van der Waals surface area contributed by atoms with Crippen LogP contribution in [0.3, 0.4) is 0 Å². The first-order valence-electron chi connectivity index (χ1n) is 7.37. The van der Waals surface area contributed by atoms with Gasteiger partial charge in [0.15, 0.2) is 0 Å². The summed E-state index contributed by atoms with van der Waals surface area (Å²) in [5.74, 6) is 0.586. The maximum Gasteiger partial charge on any atom is 0.123 e. The summed E-state index contributed by atoms with van der Waals surface area (Å²) in [6, 6.07) is 15.3. The van der Waals surface area contributed by atoms with Crippen molar-refractivity contribution in [1.29, 1.82) is 0 Å². The molecule has 0 saturated carbocycles. The lowest BCUT2D eigenvalue weighted by Crippen LogP contribution is -2.28. The van der Waals surface area contributed by atoms with E-state index in [1.807, 2.05) is 12.1 Å². The molecule has 1 fully saturated rings. The predicted octanol–water partition coefficient (Wildman–Crippen LogP) is 4.03. The fourth-order valence-corrected chi connectivity index (χ4v) is 3.01. The zero-order valence-corrected chi connectivity index (χ0v) is 11.6. The Bertz CT molecular complexity index is 556. The molecular weight excluding hydrogens is 249 g/mol. The molecule has 2 aromatic carbocycles. The molecule has 1 saturated heterocycles. The van der Waals surface area contributed by atoms with E-state index < -0.39 is 0 Å². The fourth-order valence-electron chi connectivity index (χ4n) is 3.01. The first kappa shape index (κ1) is 13.3. The van der Waals surface area contributed by atoms with Crippen LogP contribution in [0.4, 0.5) is 4.39 Å². The van der Waals surface area contributed by atoms with E-state index >= 15 is 0 Å². The van der Waals surface area contributed by atoms with E-state index in [2.05, 4.69) is 29.6 Å². The van der Waals surface area contributed by atoms with Crippen molar-refractivity contribution >= 4 is 0 Å². The highest BCUT2D eigenvalue weighted by molar-refractivity contribution is 5.67. The minimum absolute atomic E-state index is 0.176. The van der Waals surface area contributed by atoms with Crippen molar-refractivity contribution in [3.05, 3.63) is 59.9 Å². The second kappa shape index (κ2) is 6.19. The van der Waals surface area contributed by atoms with E-state index in [0.29, 0.717) is 0 Å². The fraction of sp³-hybridized carbons (Fsp3) is 0.333. The molecule has 1 N–H and O–H groups in total. The molecule has 0 unspecified atom stereocenters. The molecule has 0 radical (unpaired) electrons. The lowest BCUT2D eigenvalue weighted by molar-refractivity contribution is 0.373. The van der Waals surface area contributed by atoms with Gasteiger partial charge in [-0.25, -0.2) is 4.39 Å². The second-order valence-electron chi connectivity index (χ2n) is 5.56. The van der Waals surface area contributed by atoms with Crippen LogP contribution < -0.4 is 5.32 Å². The van der Waals surface area contributed by atoms with Crippen molar-refractivity contribution in [1.82, 2.24) is 5.32 Å². The van der Waals surface area contributed by atoms with Gasteiger partial charge in [-0.2, -0.15) is 0 Å². The summed E-state index contributed by atoms with van der Waals surface area (Å²) >= 11 is 0. The molecule has 104 valence electrons.